The molecule has 1 unspecified atom stereocenters. The molecule has 0 saturated carbocycles. The molecule has 0 aliphatic heterocycles. The Morgan fingerprint density at radius 3 is 2.19 bits per heavy atom. The van der Waals surface area contributed by atoms with Crippen LogP contribution in [0.1, 0.15) is 29.7 Å². The lowest BCUT2D eigenvalue weighted by Gasteiger charge is -2.12. The highest BCUT2D eigenvalue weighted by Gasteiger charge is 2.09. The van der Waals surface area contributed by atoms with Gasteiger partial charge in [-0.1, -0.05) is 67.6 Å². The first-order valence-electron chi connectivity index (χ1n) is 7.51. The number of aryl methyl sites for hydroxylation is 1. The Labute approximate surface area is 125 Å². The van der Waals surface area contributed by atoms with Crippen molar-refractivity contribution in [1.82, 2.24) is 0 Å². The van der Waals surface area contributed by atoms with Gasteiger partial charge in [-0.05, 0) is 39.9 Å². The lowest BCUT2D eigenvalue weighted by Crippen LogP contribution is -2.01. The Balaban J connectivity index is 1.80. The molecule has 0 aliphatic rings. The molecule has 1 N–H and O–H groups in total. The molecule has 3 rings (SSSR count). The smallest absolute Gasteiger partial charge is 0.0830 e. The molecule has 1 nitrogen and oxygen atoms in total. The van der Waals surface area contributed by atoms with Crippen LogP contribution in [0.15, 0.2) is 66.7 Å². The van der Waals surface area contributed by atoms with Gasteiger partial charge in [-0.15, -0.1) is 0 Å². The predicted octanol–water partition coefficient (Wildman–Crippen LogP) is 4.68. The van der Waals surface area contributed by atoms with E-state index < -0.39 is 6.10 Å². The summed E-state index contributed by atoms with van der Waals surface area (Å²) in [5.74, 6) is 0. The van der Waals surface area contributed by atoms with E-state index in [1.165, 1.54) is 21.9 Å². The van der Waals surface area contributed by atoms with Crippen LogP contribution in [-0.2, 0) is 12.8 Å². The Hall–Kier alpha value is -2.12. The van der Waals surface area contributed by atoms with Gasteiger partial charge < -0.3 is 5.11 Å². The Morgan fingerprint density at radius 1 is 0.810 bits per heavy atom. The normalized spacial score (nSPS) is 12.5. The summed E-state index contributed by atoms with van der Waals surface area (Å²) in [6.07, 6.45) is 1.25. The summed E-state index contributed by atoms with van der Waals surface area (Å²) in [6.45, 7) is 2.15. The fraction of sp³-hybridized carbons (Fsp3) is 0.200. The van der Waals surface area contributed by atoms with Crippen molar-refractivity contribution in [3.63, 3.8) is 0 Å². The number of aliphatic hydroxyl groups excluding tert-OH is 1. The highest BCUT2D eigenvalue weighted by atomic mass is 16.3. The number of fused-ring (bicyclic) bond motifs is 1. The van der Waals surface area contributed by atoms with Crippen molar-refractivity contribution in [3.05, 3.63) is 83.4 Å². The number of hydrogen-bond acceptors (Lipinski definition) is 1. The zero-order valence-corrected chi connectivity index (χ0v) is 12.3. The second-order valence-electron chi connectivity index (χ2n) is 5.50. The third kappa shape index (κ3) is 3.14. The maximum atomic E-state index is 10.5. The summed E-state index contributed by atoms with van der Waals surface area (Å²) in [7, 11) is 0. The molecule has 1 heteroatoms. The molecule has 3 aromatic carbocycles. The van der Waals surface area contributed by atoms with E-state index in [4.69, 9.17) is 0 Å². The number of benzene rings is 3. The molecule has 3 aromatic rings. The summed E-state index contributed by atoms with van der Waals surface area (Å²) in [6, 6.07) is 22.9. The summed E-state index contributed by atoms with van der Waals surface area (Å²) < 4.78 is 0. The van der Waals surface area contributed by atoms with E-state index in [1.54, 1.807) is 0 Å². The first-order chi connectivity index (χ1) is 10.3. The minimum atomic E-state index is -0.456. The molecule has 0 aromatic heterocycles. The molecule has 0 bridgehead atoms. The Morgan fingerprint density at radius 2 is 1.48 bits per heavy atom. The molecular weight excluding hydrogens is 256 g/mol. The van der Waals surface area contributed by atoms with Gasteiger partial charge in [0.15, 0.2) is 0 Å². The van der Waals surface area contributed by atoms with E-state index in [-0.39, 0.29) is 0 Å². The van der Waals surface area contributed by atoms with Crippen molar-refractivity contribution < 1.29 is 5.11 Å². The highest BCUT2D eigenvalue weighted by Crippen LogP contribution is 2.23. The topological polar surface area (TPSA) is 20.2 Å². The van der Waals surface area contributed by atoms with Crippen LogP contribution in [0, 0.1) is 0 Å². The lowest BCUT2D eigenvalue weighted by molar-refractivity contribution is 0.178. The Kier molecular flexibility index (Phi) is 4.03. The minimum absolute atomic E-state index is 0.456. The monoisotopic (exact) mass is 276 g/mol. The fourth-order valence-electron chi connectivity index (χ4n) is 2.67. The van der Waals surface area contributed by atoms with Crippen molar-refractivity contribution in [3.8, 4) is 0 Å². The van der Waals surface area contributed by atoms with Crippen molar-refractivity contribution in [2.24, 2.45) is 0 Å². The third-order valence-corrected chi connectivity index (χ3v) is 4.02. The van der Waals surface area contributed by atoms with Crippen molar-refractivity contribution in [1.29, 1.82) is 0 Å². The first kappa shape index (κ1) is 13.8. The van der Waals surface area contributed by atoms with Gasteiger partial charge >= 0.3 is 0 Å². The Bertz CT molecular complexity index is 728. The van der Waals surface area contributed by atoms with Crippen LogP contribution in [0.5, 0.6) is 0 Å². The van der Waals surface area contributed by atoms with E-state index in [1.807, 2.05) is 18.2 Å². The van der Waals surface area contributed by atoms with Crippen LogP contribution in [0.3, 0.4) is 0 Å². The molecule has 0 aliphatic carbocycles. The van der Waals surface area contributed by atoms with E-state index >= 15 is 0 Å². The second-order valence-corrected chi connectivity index (χ2v) is 5.50. The van der Waals surface area contributed by atoms with Gasteiger partial charge in [-0.2, -0.15) is 0 Å². The van der Waals surface area contributed by atoms with Gasteiger partial charge in [-0.25, -0.2) is 0 Å². The number of aliphatic hydroxyl groups is 1. The first-order valence-corrected chi connectivity index (χ1v) is 7.51. The van der Waals surface area contributed by atoms with E-state index in [2.05, 4.69) is 55.5 Å². The maximum absolute atomic E-state index is 10.5. The summed E-state index contributed by atoms with van der Waals surface area (Å²) in [5, 5.41) is 12.8. The largest absolute Gasteiger partial charge is 0.388 e. The van der Waals surface area contributed by atoms with Gasteiger partial charge in [0, 0.05) is 6.42 Å². The van der Waals surface area contributed by atoms with E-state index in [9.17, 15) is 5.11 Å². The molecule has 0 amide bonds. The number of rotatable bonds is 4. The van der Waals surface area contributed by atoms with Crippen LogP contribution in [-0.4, -0.2) is 5.11 Å². The highest BCUT2D eigenvalue weighted by molar-refractivity contribution is 5.83. The maximum Gasteiger partial charge on any atom is 0.0830 e. The average Bonchev–Trinajstić information content (AvgIpc) is 2.55. The molecule has 21 heavy (non-hydrogen) atoms. The average molecular weight is 276 g/mol. The van der Waals surface area contributed by atoms with Crippen molar-refractivity contribution in [2.75, 3.05) is 0 Å². The zero-order chi connectivity index (χ0) is 14.7. The van der Waals surface area contributed by atoms with Crippen molar-refractivity contribution in [2.45, 2.75) is 25.9 Å². The van der Waals surface area contributed by atoms with Crippen molar-refractivity contribution >= 4 is 10.8 Å². The molecule has 106 valence electrons. The predicted molar refractivity (Wildman–Crippen MR) is 88.4 cm³/mol. The summed E-state index contributed by atoms with van der Waals surface area (Å²) in [5.41, 5.74) is 3.49. The van der Waals surface area contributed by atoms with E-state index in [0.29, 0.717) is 6.42 Å². The number of hydrogen-bond donors (Lipinski definition) is 1. The standard InChI is InChI=1S/C20H20O/c1-2-15-7-9-16(10-8-15)13-20(21)19-12-11-17-5-3-4-6-18(17)14-19/h3-12,14,20-21H,2,13H2,1H3. The van der Waals surface area contributed by atoms with Gasteiger partial charge in [0.1, 0.15) is 0 Å². The molecule has 0 radical (unpaired) electrons. The van der Waals surface area contributed by atoms with Crippen LogP contribution >= 0.6 is 0 Å². The molecule has 0 saturated heterocycles. The van der Waals surface area contributed by atoms with Gasteiger partial charge in [0.05, 0.1) is 6.10 Å². The van der Waals surface area contributed by atoms with E-state index in [0.717, 1.165) is 12.0 Å². The van der Waals surface area contributed by atoms with Gasteiger partial charge in [-0.3, -0.25) is 0 Å². The summed E-state index contributed by atoms with van der Waals surface area (Å²) in [4.78, 5) is 0. The zero-order valence-electron chi connectivity index (χ0n) is 12.3. The third-order valence-electron chi connectivity index (χ3n) is 4.02. The fourth-order valence-corrected chi connectivity index (χ4v) is 2.67. The lowest BCUT2D eigenvalue weighted by atomic mass is 9.98. The van der Waals surface area contributed by atoms with Crippen LogP contribution in [0.25, 0.3) is 10.8 Å². The summed E-state index contributed by atoms with van der Waals surface area (Å²) >= 11 is 0. The van der Waals surface area contributed by atoms with Gasteiger partial charge in [0.2, 0.25) is 0 Å². The molecular formula is C20H20O. The van der Waals surface area contributed by atoms with Crippen LogP contribution < -0.4 is 0 Å². The van der Waals surface area contributed by atoms with Crippen LogP contribution in [0.4, 0.5) is 0 Å². The molecule has 0 spiro atoms. The molecule has 1 atom stereocenters. The molecule has 0 heterocycles. The molecule has 0 fully saturated rings. The van der Waals surface area contributed by atoms with Gasteiger partial charge in [0.25, 0.3) is 0 Å². The quantitative estimate of drug-likeness (QED) is 0.733. The minimum Gasteiger partial charge on any atom is -0.388 e. The van der Waals surface area contributed by atoms with Crippen LogP contribution in [0.2, 0.25) is 0 Å². The second kappa shape index (κ2) is 6.11. The SMILES string of the molecule is CCc1ccc(CC(O)c2ccc3ccccc3c2)cc1.